The van der Waals surface area contributed by atoms with Crippen LogP contribution in [-0.2, 0) is 19.9 Å². The summed E-state index contributed by atoms with van der Waals surface area (Å²) < 4.78 is 1.93. The molecule has 0 unspecified atom stereocenters. The summed E-state index contributed by atoms with van der Waals surface area (Å²) in [4.78, 5) is 11.4. The molecule has 0 fully saturated rings. The van der Waals surface area contributed by atoms with Crippen molar-refractivity contribution in [3.05, 3.63) is 23.4 Å². The first-order valence-corrected chi connectivity index (χ1v) is 7.74. The molecule has 1 N–H and O–H groups in total. The molecule has 1 atom stereocenters. The van der Waals surface area contributed by atoms with Gasteiger partial charge < -0.3 is 14.8 Å². The van der Waals surface area contributed by atoms with Crippen molar-refractivity contribution in [2.45, 2.75) is 38.6 Å². The van der Waals surface area contributed by atoms with Crippen molar-refractivity contribution in [3.63, 3.8) is 0 Å². The quantitative estimate of drug-likeness (QED) is 0.927. The number of rotatable bonds is 4. The van der Waals surface area contributed by atoms with E-state index in [1.165, 1.54) is 24.1 Å². The van der Waals surface area contributed by atoms with Gasteiger partial charge in [-0.05, 0) is 32.6 Å². The van der Waals surface area contributed by atoms with Crippen LogP contribution in [0, 0.1) is 0 Å². The Hall–Kier alpha value is -2.18. The molecule has 7 nitrogen and oxygen atoms in total. The highest BCUT2D eigenvalue weighted by atomic mass is 15.3. The molecule has 7 heteroatoms. The van der Waals surface area contributed by atoms with Crippen LogP contribution in [0.15, 0.2) is 6.33 Å². The summed E-state index contributed by atoms with van der Waals surface area (Å²) in [5.41, 5.74) is 2.43. The predicted molar refractivity (Wildman–Crippen MR) is 86.0 cm³/mol. The van der Waals surface area contributed by atoms with Crippen molar-refractivity contribution < 1.29 is 0 Å². The predicted octanol–water partition coefficient (Wildman–Crippen LogP) is 1.72. The maximum absolute atomic E-state index is 4.71. The summed E-state index contributed by atoms with van der Waals surface area (Å²) in [5, 5.41) is 11.6. The van der Waals surface area contributed by atoms with E-state index in [2.05, 4.69) is 22.4 Å². The summed E-state index contributed by atoms with van der Waals surface area (Å²) in [7, 11) is 5.90. The number of hydrogen-bond acceptors (Lipinski definition) is 6. The molecule has 0 bridgehead atoms. The number of aryl methyl sites for hydroxylation is 2. The topological polar surface area (TPSA) is 71.8 Å². The van der Waals surface area contributed by atoms with E-state index in [0.29, 0.717) is 0 Å². The van der Waals surface area contributed by atoms with Gasteiger partial charge in [-0.25, -0.2) is 4.98 Å². The SMILES string of the molecule is C[C@H](Nc1nc(N(C)C)nc2c1CCCC2)c1nncn1C. The lowest BCUT2D eigenvalue weighted by atomic mass is 9.96. The van der Waals surface area contributed by atoms with E-state index < -0.39 is 0 Å². The van der Waals surface area contributed by atoms with Gasteiger partial charge in [0, 0.05) is 26.7 Å². The second-order valence-electron chi connectivity index (χ2n) is 6.07. The van der Waals surface area contributed by atoms with Crippen LogP contribution in [0.5, 0.6) is 0 Å². The summed E-state index contributed by atoms with van der Waals surface area (Å²) >= 11 is 0. The first-order valence-electron chi connectivity index (χ1n) is 7.74. The molecule has 2 aromatic rings. The van der Waals surface area contributed by atoms with Gasteiger partial charge in [-0.15, -0.1) is 10.2 Å². The zero-order chi connectivity index (χ0) is 15.7. The van der Waals surface area contributed by atoms with Gasteiger partial charge in [0.05, 0.1) is 11.7 Å². The third kappa shape index (κ3) is 2.75. The Balaban J connectivity index is 1.95. The molecule has 1 aliphatic rings. The molecule has 0 aromatic carbocycles. The third-order valence-electron chi connectivity index (χ3n) is 4.06. The molecule has 3 rings (SSSR count). The Morgan fingerprint density at radius 1 is 1.23 bits per heavy atom. The van der Waals surface area contributed by atoms with E-state index in [0.717, 1.165) is 30.4 Å². The van der Waals surface area contributed by atoms with Gasteiger partial charge in [0.15, 0.2) is 5.82 Å². The first-order chi connectivity index (χ1) is 10.6. The molecular weight excluding hydrogens is 278 g/mol. The molecule has 0 saturated heterocycles. The van der Waals surface area contributed by atoms with Crippen LogP contribution in [0.1, 0.15) is 42.9 Å². The molecule has 0 radical (unpaired) electrons. The molecule has 2 aromatic heterocycles. The molecule has 0 amide bonds. The van der Waals surface area contributed by atoms with E-state index in [1.807, 2.05) is 30.6 Å². The van der Waals surface area contributed by atoms with Crippen molar-refractivity contribution in [2.75, 3.05) is 24.3 Å². The van der Waals surface area contributed by atoms with E-state index in [-0.39, 0.29) is 6.04 Å². The van der Waals surface area contributed by atoms with E-state index in [1.54, 1.807) is 6.33 Å². The minimum atomic E-state index is 0.0449. The fraction of sp³-hybridized carbons (Fsp3) is 0.600. The van der Waals surface area contributed by atoms with Crippen LogP contribution < -0.4 is 10.2 Å². The van der Waals surface area contributed by atoms with Crippen LogP contribution in [-0.4, -0.2) is 38.8 Å². The number of anilines is 2. The van der Waals surface area contributed by atoms with Crippen LogP contribution in [0.4, 0.5) is 11.8 Å². The van der Waals surface area contributed by atoms with Crippen LogP contribution in [0.2, 0.25) is 0 Å². The summed E-state index contributed by atoms with van der Waals surface area (Å²) in [5.74, 6) is 2.59. The zero-order valence-electron chi connectivity index (χ0n) is 13.7. The Morgan fingerprint density at radius 3 is 2.68 bits per heavy atom. The van der Waals surface area contributed by atoms with Crippen LogP contribution in [0.3, 0.4) is 0 Å². The van der Waals surface area contributed by atoms with Gasteiger partial charge in [0.1, 0.15) is 12.1 Å². The van der Waals surface area contributed by atoms with Gasteiger partial charge in [0.2, 0.25) is 5.95 Å². The minimum Gasteiger partial charge on any atom is -0.360 e. The number of nitrogens with zero attached hydrogens (tertiary/aromatic N) is 6. The number of nitrogens with one attached hydrogen (secondary N) is 1. The summed E-state index contributed by atoms with van der Waals surface area (Å²) in [6.07, 6.45) is 6.19. The number of hydrogen-bond donors (Lipinski definition) is 1. The van der Waals surface area contributed by atoms with Crippen molar-refractivity contribution in [1.82, 2.24) is 24.7 Å². The largest absolute Gasteiger partial charge is 0.360 e. The maximum atomic E-state index is 4.71. The Kier molecular flexibility index (Phi) is 3.96. The molecule has 0 aliphatic heterocycles. The lowest BCUT2D eigenvalue weighted by Gasteiger charge is -2.23. The van der Waals surface area contributed by atoms with Gasteiger partial charge in [-0.1, -0.05) is 0 Å². The average Bonchev–Trinajstić information content (AvgIpc) is 2.93. The van der Waals surface area contributed by atoms with E-state index >= 15 is 0 Å². The Bertz CT molecular complexity index is 662. The highest BCUT2D eigenvalue weighted by molar-refractivity contribution is 5.52. The summed E-state index contributed by atoms with van der Waals surface area (Å²) in [6, 6.07) is 0.0449. The van der Waals surface area contributed by atoms with Gasteiger partial charge in [-0.3, -0.25) is 0 Å². The average molecular weight is 301 g/mol. The smallest absolute Gasteiger partial charge is 0.227 e. The number of aromatic nitrogens is 5. The van der Waals surface area contributed by atoms with E-state index in [9.17, 15) is 0 Å². The van der Waals surface area contributed by atoms with Gasteiger partial charge in [0.25, 0.3) is 0 Å². The second-order valence-corrected chi connectivity index (χ2v) is 6.07. The molecule has 0 spiro atoms. The van der Waals surface area contributed by atoms with Crippen molar-refractivity contribution in [1.29, 1.82) is 0 Å². The standard InChI is InChI=1S/C15H23N7/c1-10(14-20-16-9-22(14)4)17-13-11-7-5-6-8-12(11)18-15(19-13)21(2)3/h9-10H,5-8H2,1-4H3,(H,17,18,19)/t10-/m0/s1. The van der Waals surface area contributed by atoms with Crippen LogP contribution >= 0.6 is 0 Å². The third-order valence-corrected chi connectivity index (χ3v) is 4.06. The molecule has 1 aliphatic carbocycles. The lowest BCUT2D eigenvalue weighted by molar-refractivity contribution is 0.656. The molecule has 0 saturated carbocycles. The first kappa shape index (κ1) is 14.7. The fourth-order valence-corrected chi connectivity index (χ4v) is 2.85. The van der Waals surface area contributed by atoms with Crippen molar-refractivity contribution in [3.8, 4) is 0 Å². The van der Waals surface area contributed by atoms with Crippen molar-refractivity contribution in [2.24, 2.45) is 7.05 Å². The number of fused-ring (bicyclic) bond motifs is 1. The lowest BCUT2D eigenvalue weighted by Crippen LogP contribution is -2.21. The Morgan fingerprint density at radius 2 is 2.00 bits per heavy atom. The molecular formula is C15H23N7. The Labute approximate surface area is 130 Å². The van der Waals surface area contributed by atoms with E-state index in [4.69, 9.17) is 9.97 Å². The molecule has 2 heterocycles. The highest BCUT2D eigenvalue weighted by Gasteiger charge is 2.21. The normalized spacial score (nSPS) is 15.3. The van der Waals surface area contributed by atoms with Crippen LogP contribution in [0.25, 0.3) is 0 Å². The maximum Gasteiger partial charge on any atom is 0.227 e. The minimum absolute atomic E-state index is 0.0449. The monoisotopic (exact) mass is 301 g/mol. The fourth-order valence-electron chi connectivity index (χ4n) is 2.85. The molecule has 22 heavy (non-hydrogen) atoms. The highest BCUT2D eigenvalue weighted by Crippen LogP contribution is 2.29. The second kappa shape index (κ2) is 5.90. The zero-order valence-corrected chi connectivity index (χ0v) is 13.7. The van der Waals surface area contributed by atoms with Gasteiger partial charge >= 0.3 is 0 Å². The van der Waals surface area contributed by atoms with Crippen molar-refractivity contribution >= 4 is 11.8 Å². The van der Waals surface area contributed by atoms with Gasteiger partial charge in [-0.2, -0.15) is 4.98 Å². The summed E-state index contributed by atoms with van der Waals surface area (Å²) in [6.45, 7) is 2.08. The molecule has 118 valence electrons.